The van der Waals surface area contributed by atoms with Crippen molar-refractivity contribution in [3.8, 4) is 0 Å². The molecule has 0 saturated carbocycles. The van der Waals surface area contributed by atoms with Crippen LogP contribution >= 0.6 is 0 Å². The van der Waals surface area contributed by atoms with Crippen LogP contribution in [0.2, 0.25) is 0 Å². The zero-order chi connectivity index (χ0) is 15.6. The smallest absolute Gasteiger partial charge is 0.298 e. The molecule has 1 heterocycles. The highest BCUT2D eigenvalue weighted by atomic mass is 16.4. The summed E-state index contributed by atoms with van der Waals surface area (Å²) in [4.78, 5) is 6.57. The van der Waals surface area contributed by atoms with Crippen molar-refractivity contribution in [3.63, 3.8) is 0 Å². The molecule has 0 aliphatic carbocycles. The summed E-state index contributed by atoms with van der Waals surface area (Å²) in [7, 11) is 0. The predicted octanol–water partition coefficient (Wildman–Crippen LogP) is 4.38. The van der Waals surface area contributed by atoms with Crippen molar-refractivity contribution in [2.24, 2.45) is 0 Å². The third-order valence-electron chi connectivity index (χ3n) is 3.95. The summed E-state index contributed by atoms with van der Waals surface area (Å²) in [5, 5.41) is 9.26. The third-order valence-corrected chi connectivity index (χ3v) is 3.95. The number of hydrogen-bond acceptors (Lipinski definition) is 4. The average molecular weight is 304 g/mol. The van der Waals surface area contributed by atoms with Crippen LogP contribution in [0.5, 0.6) is 0 Å². The number of oxazole rings is 1. The summed E-state index contributed by atoms with van der Waals surface area (Å²) >= 11 is 0. The average Bonchev–Trinajstić information content (AvgIpc) is 2.97. The van der Waals surface area contributed by atoms with E-state index in [0.29, 0.717) is 12.6 Å². The first-order valence-corrected chi connectivity index (χ1v) is 8.56. The Balaban J connectivity index is 1.81. The lowest BCUT2D eigenvalue weighted by Gasteiger charge is -2.19. The minimum atomic E-state index is 0.120. The molecular formula is C18H28N2O2. The van der Waals surface area contributed by atoms with E-state index in [1.54, 1.807) is 0 Å². The van der Waals surface area contributed by atoms with Gasteiger partial charge in [-0.3, -0.25) is 0 Å². The van der Waals surface area contributed by atoms with Gasteiger partial charge in [0.15, 0.2) is 5.58 Å². The largest absolute Gasteiger partial charge is 0.423 e. The van der Waals surface area contributed by atoms with Crippen molar-refractivity contribution >= 4 is 17.1 Å². The summed E-state index contributed by atoms with van der Waals surface area (Å²) in [6.07, 6.45) is 8.96. The van der Waals surface area contributed by atoms with Gasteiger partial charge in [-0.15, -0.1) is 0 Å². The molecule has 0 unspecified atom stereocenters. The van der Waals surface area contributed by atoms with Gasteiger partial charge in [0.25, 0.3) is 6.01 Å². The molecule has 0 aliphatic heterocycles. The number of benzene rings is 1. The maximum Gasteiger partial charge on any atom is 0.298 e. The number of para-hydroxylation sites is 2. The molecule has 0 fully saturated rings. The fraction of sp³-hybridized carbons (Fsp3) is 0.611. The number of anilines is 1. The molecule has 0 spiro atoms. The standard InChI is InChI=1S/C18H28N2O2/c1-2-3-4-5-6-7-10-13-20(14-15-21)18-19-16-11-8-9-12-17(16)22-18/h8-9,11-12,21H,2-7,10,13-15H2,1H3. The van der Waals surface area contributed by atoms with E-state index in [0.717, 1.165) is 24.1 Å². The van der Waals surface area contributed by atoms with Crippen LogP contribution < -0.4 is 4.90 Å². The number of hydrogen-bond donors (Lipinski definition) is 1. The van der Waals surface area contributed by atoms with Gasteiger partial charge in [-0.05, 0) is 18.6 Å². The maximum absolute atomic E-state index is 9.26. The van der Waals surface area contributed by atoms with Crippen molar-refractivity contribution in [1.82, 2.24) is 4.98 Å². The van der Waals surface area contributed by atoms with Gasteiger partial charge in [-0.25, -0.2) is 0 Å². The molecule has 0 aliphatic rings. The van der Waals surface area contributed by atoms with Gasteiger partial charge in [-0.2, -0.15) is 4.98 Å². The van der Waals surface area contributed by atoms with Crippen LogP contribution in [0.3, 0.4) is 0 Å². The van der Waals surface area contributed by atoms with Gasteiger partial charge in [-0.1, -0.05) is 57.6 Å². The van der Waals surface area contributed by atoms with E-state index in [9.17, 15) is 5.11 Å². The molecule has 0 amide bonds. The predicted molar refractivity (Wildman–Crippen MR) is 91.3 cm³/mol. The minimum absolute atomic E-state index is 0.120. The SMILES string of the molecule is CCCCCCCCCN(CCO)c1nc2ccccc2o1. The summed E-state index contributed by atoms with van der Waals surface area (Å²) in [5.74, 6) is 0. The lowest BCUT2D eigenvalue weighted by molar-refractivity contribution is 0.298. The normalized spacial score (nSPS) is 11.2. The Hall–Kier alpha value is -1.55. The molecule has 22 heavy (non-hydrogen) atoms. The first kappa shape index (κ1) is 16.8. The molecule has 0 saturated heterocycles. The molecule has 2 aromatic rings. The van der Waals surface area contributed by atoms with Gasteiger partial charge in [0.05, 0.1) is 6.61 Å². The number of aliphatic hydroxyl groups is 1. The Morgan fingerprint density at radius 3 is 2.45 bits per heavy atom. The molecule has 4 nitrogen and oxygen atoms in total. The molecule has 0 radical (unpaired) electrons. The van der Waals surface area contributed by atoms with Crippen LogP contribution in [0.25, 0.3) is 11.1 Å². The van der Waals surface area contributed by atoms with E-state index >= 15 is 0 Å². The van der Waals surface area contributed by atoms with E-state index in [4.69, 9.17) is 4.42 Å². The second-order valence-corrected chi connectivity index (χ2v) is 5.80. The molecule has 122 valence electrons. The number of unbranched alkanes of at least 4 members (excludes halogenated alkanes) is 6. The number of nitrogens with zero attached hydrogens (tertiary/aromatic N) is 2. The fourth-order valence-electron chi connectivity index (χ4n) is 2.68. The van der Waals surface area contributed by atoms with E-state index in [-0.39, 0.29) is 6.61 Å². The molecule has 0 atom stereocenters. The van der Waals surface area contributed by atoms with Gasteiger partial charge in [0.2, 0.25) is 0 Å². The molecular weight excluding hydrogens is 276 g/mol. The molecule has 1 aromatic carbocycles. The first-order valence-electron chi connectivity index (χ1n) is 8.56. The summed E-state index contributed by atoms with van der Waals surface area (Å²) in [6.45, 7) is 3.83. The Labute approximate surface area is 133 Å². The van der Waals surface area contributed by atoms with Gasteiger partial charge >= 0.3 is 0 Å². The third kappa shape index (κ3) is 5.02. The lowest BCUT2D eigenvalue weighted by Crippen LogP contribution is -2.28. The van der Waals surface area contributed by atoms with Crippen molar-refractivity contribution < 1.29 is 9.52 Å². The van der Waals surface area contributed by atoms with E-state index in [1.807, 2.05) is 29.2 Å². The van der Waals surface area contributed by atoms with Crippen LogP contribution in [-0.4, -0.2) is 29.8 Å². The van der Waals surface area contributed by atoms with Crippen LogP contribution in [0, 0.1) is 0 Å². The van der Waals surface area contributed by atoms with E-state index < -0.39 is 0 Å². The molecule has 0 bridgehead atoms. The van der Waals surface area contributed by atoms with Crippen LogP contribution in [0.15, 0.2) is 28.7 Å². The molecule has 1 aromatic heterocycles. The highest BCUT2D eigenvalue weighted by molar-refractivity contribution is 5.74. The monoisotopic (exact) mass is 304 g/mol. The summed E-state index contributed by atoms with van der Waals surface area (Å²) in [5.41, 5.74) is 1.68. The van der Waals surface area contributed by atoms with Crippen LogP contribution in [0.4, 0.5) is 6.01 Å². The minimum Gasteiger partial charge on any atom is -0.423 e. The topological polar surface area (TPSA) is 49.5 Å². The zero-order valence-corrected chi connectivity index (χ0v) is 13.6. The van der Waals surface area contributed by atoms with Crippen LogP contribution in [-0.2, 0) is 0 Å². The number of aromatic nitrogens is 1. The number of aliphatic hydroxyl groups excluding tert-OH is 1. The Morgan fingerprint density at radius 2 is 1.73 bits per heavy atom. The van der Waals surface area contributed by atoms with Gasteiger partial charge in [0.1, 0.15) is 5.52 Å². The zero-order valence-electron chi connectivity index (χ0n) is 13.6. The maximum atomic E-state index is 9.26. The van der Waals surface area contributed by atoms with Crippen molar-refractivity contribution in [2.75, 3.05) is 24.6 Å². The number of fused-ring (bicyclic) bond motifs is 1. The number of rotatable bonds is 11. The summed E-state index contributed by atoms with van der Waals surface area (Å²) in [6, 6.07) is 8.41. The van der Waals surface area contributed by atoms with E-state index in [1.165, 1.54) is 38.5 Å². The fourth-order valence-corrected chi connectivity index (χ4v) is 2.68. The quantitative estimate of drug-likeness (QED) is 0.626. The lowest BCUT2D eigenvalue weighted by atomic mass is 10.1. The van der Waals surface area contributed by atoms with Gasteiger partial charge < -0.3 is 14.4 Å². The van der Waals surface area contributed by atoms with Crippen molar-refractivity contribution in [1.29, 1.82) is 0 Å². The van der Waals surface area contributed by atoms with E-state index in [2.05, 4.69) is 11.9 Å². The highest BCUT2D eigenvalue weighted by Gasteiger charge is 2.13. The molecule has 2 rings (SSSR count). The molecule has 4 heteroatoms. The second kappa shape index (κ2) is 9.46. The Morgan fingerprint density at radius 1 is 1.00 bits per heavy atom. The van der Waals surface area contributed by atoms with Crippen LogP contribution in [0.1, 0.15) is 51.9 Å². The summed E-state index contributed by atoms with van der Waals surface area (Å²) < 4.78 is 5.80. The van der Waals surface area contributed by atoms with Crippen molar-refractivity contribution in [2.45, 2.75) is 51.9 Å². The molecule has 1 N–H and O–H groups in total. The van der Waals surface area contributed by atoms with Crippen molar-refractivity contribution in [3.05, 3.63) is 24.3 Å². The first-order chi connectivity index (χ1) is 10.8. The van der Waals surface area contributed by atoms with Gasteiger partial charge in [0, 0.05) is 13.1 Å². The second-order valence-electron chi connectivity index (χ2n) is 5.80. The Kier molecular flexibility index (Phi) is 7.23. The Bertz CT molecular complexity index is 506. The highest BCUT2D eigenvalue weighted by Crippen LogP contribution is 2.22.